The molecule has 4 rings (SSSR count). The highest BCUT2D eigenvalue weighted by molar-refractivity contribution is 5.94. The van der Waals surface area contributed by atoms with Crippen molar-refractivity contribution in [3.63, 3.8) is 0 Å². The summed E-state index contributed by atoms with van der Waals surface area (Å²) in [6, 6.07) is 7.96. The summed E-state index contributed by atoms with van der Waals surface area (Å²) in [7, 11) is 1.65. The van der Waals surface area contributed by atoms with Gasteiger partial charge in [-0.25, -0.2) is 4.98 Å². The summed E-state index contributed by atoms with van der Waals surface area (Å²) >= 11 is 0. The number of benzene rings is 1. The van der Waals surface area contributed by atoms with Crippen molar-refractivity contribution in [3.05, 3.63) is 36.0 Å². The minimum Gasteiger partial charge on any atom is -0.497 e. The molecule has 1 aliphatic heterocycles. The maximum absolute atomic E-state index is 11.7. The Hall–Kier alpha value is -3.49. The predicted octanol–water partition coefficient (Wildman–Crippen LogP) is 3.57. The summed E-state index contributed by atoms with van der Waals surface area (Å²) in [5.74, 6) is 2.23. The van der Waals surface area contributed by atoms with E-state index < -0.39 is 0 Å². The number of aromatic hydroxyl groups is 1. The first-order chi connectivity index (χ1) is 15.8. The fourth-order valence-corrected chi connectivity index (χ4v) is 4.12. The van der Waals surface area contributed by atoms with E-state index >= 15 is 0 Å². The first-order valence-corrected chi connectivity index (χ1v) is 11.3. The second kappa shape index (κ2) is 9.17. The van der Waals surface area contributed by atoms with E-state index in [1.807, 2.05) is 49.2 Å². The molecule has 0 aliphatic carbocycles. The Balaban J connectivity index is 1.70. The van der Waals surface area contributed by atoms with E-state index in [4.69, 9.17) is 14.7 Å². The lowest BCUT2D eigenvalue weighted by molar-refractivity contribution is -0.129. The number of ether oxygens (including phenoxy) is 1. The standard InChI is InChI=1S/C24H32N6O3/c1-15(2)30-14-20-21(23(30)32)26-24(29-12-10-28(11-13-29)17(4)31)27-22(20)25-16(3)18-6-8-19(33-5)9-7-18/h6-9,14-16,32H,10-13H2,1-5H3,(H,25,26,27)/t16-/m1/s1. The van der Waals surface area contributed by atoms with E-state index in [2.05, 4.69) is 17.1 Å². The molecule has 1 saturated heterocycles. The summed E-state index contributed by atoms with van der Waals surface area (Å²) in [5.41, 5.74) is 1.61. The van der Waals surface area contributed by atoms with Crippen LogP contribution in [0.4, 0.5) is 11.8 Å². The van der Waals surface area contributed by atoms with Crippen LogP contribution in [0.2, 0.25) is 0 Å². The number of anilines is 2. The van der Waals surface area contributed by atoms with Crippen LogP contribution < -0.4 is 15.0 Å². The SMILES string of the molecule is COc1ccc([C@@H](C)Nc2nc(N3CCN(C(C)=O)CC3)nc3c(O)n(C(C)C)cc23)cc1. The molecule has 1 atom stereocenters. The number of aromatic nitrogens is 3. The molecule has 9 nitrogen and oxygen atoms in total. The fraction of sp³-hybridized carbons (Fsp3) is 0.458. The average molecular weight is 453 g/mol. The summed E-state index contributed by atoms with van der Waals surface area (Å²) < 4.78 is 7.07. The van der Waals surface area contributed by atoms with Crippen LogP contribution in [0.3, 0.4) is 0 Å². The van der Waals surface area contributed by atoms with E-state index in [0.717, 1.165) is 16.7 Å². The normalized spacial score (nSPS) is 15.2. The zero-order valence-electron chi connectivity index (χ0n) is 19.9. The monoisotopic (exact) mass is 452 g/mol. The number of nitrogens with zero attached hydrogens (tertiary/aromatic N) is 5. The number of amides is 1. The molecule has 3 aromatic rings. The molecule has 1 aliphatic rings. The number of fused-ring (bicyclic) bond motifs is 1. The van der Waals surface area contributed by atoms with E-state index in [9.17, 15) is 9.90 Å². The zero-order valence-corrected chi connectivity index (χ0v) is 19.9. The number of methoxy groups -OCH3 is 1. The van der Waals surface area contributed by atoms with E-state index in [0.29, 0.717) is 43.5 Å². The van der Waals surface area contributed by atoms with Crippen LogP contribution in [-0.2, 0) is 4.79 Å². The Morgan fingerprint density at radius 3 is 2.33 bits per heavy atom. The second-order valence-electron chi connectivity index (χ2n) is 8.72. The molecule has 0 spiro atoms. The highest BCUT2D eigenvalue weighted by Gasteiger charge is 2.24. The van der Waals surface area contributed by atoms with E-state index in [-0.39, 0.29) is 23.9 Å². The van der Waals surface area contributed by atoms with Gasteiger partial charge in [0.05, 0.1) is 12.5 Å². The van der Waals surface area contributed by atoms with Gasteiger partial charge in [0.15, 0.2) is 0 Å². The van der Waals surface area contributed by atoms with Crippen molar-refractivity contribution in [2.45, 2.75) is 39.8 Å². The van der Waals surface area contributed by atoms with Gasteiger partial charge in [0, 0.05) is 51.4 Å². The van der Waals surface area contributed by atoms with Crippen molar-refractivity contribution >= 4 is 28.6 Å². The summed E-state index contributed by atoms with van der Waals surface area (Å²) in [5, 5.41) is 15.2. The molecule has 2 aromatic heterocycles. The van der Waals surface area contributed by atoms with Crippen molar-refractivity contribution < 1.29 is 14.6 Å². The Morgan fingerprint density at radius 1 is 1.09 bits per heavy atom. The Morgan fingerprint density at radius 2 is 1.76 bits per heavy atom. The molecule has 0 radical (unpaired) electrons. The first kappa shape index (κ1) is 22.7. The molecule has 3 heterocycles. The number of nitrogens with one attached hydrogen (secondary N) is 1. The number of piperazine rings is 1. The van der Waals surface area contributed by atoms with Gasteiger partial charge in [0.25, 0.3) is 0 Å². The second-order valence-corrected chi connectivity index (χ2v) is 8.72. The molecule has 1 fully saturated rings. The van der Waals surface area contributed by atoms with Gasteiger partial charge in [-0.2, -0.15) is 4.98 Å². The van der Waals surface area contributed by atoms with Gasteiger partial charge < -0.3 is 29.5 Å². The smallest absolute Gasteiger partial charge is 0.228 e. The molecule has 1 amide bonds. The van der Waals surface area contributed by atoms with Gasteiger partial charge in [-0.05, 0) is 38.5 Å². The Kier molecular flexibility index (Phi) is 6.31. The topological polar surface area (TPSA) is 95.8 Å². The minimum atomic E-state index is -0.0269. The number of carbonyl (C=O) groups is 1. The van der Waals surface area contributed by atoms with Crippen molar-refractivity contribution in [1.82, 2.24) is 19.4 Å². The fourth-order valence-electron chi connectivity index (χ4n) is 4.12. The number of carbonyl (C=O) groups excluding carboxylic acids is 1. The summed E-state index contributed by atoms with van der Waals surface area (Å²) in [6.45, 7) is 10.2. The third-order valence-corrected chi connectivity index (χ3v) is 6.19. The largest absolute Gasteiger partial charge is 0.497 e. The maximum atomic E-state index is 11.7. The molecular weight excluding hydrogens is 420 g/mol. The number of hydrogen-bond donors (Lipinski definition) is 2. The van der Waals surface area contributed by atoms with Gasteiger partial charge in [-0.3, -0.25) is 4.79 Å². The zero-order chi connectivity index (χ0) is 23.7. The molecule has 1 aromatic carbocycles. The van der Waals surface area contributed by atoms with Crippen LogP contribution in [0.5, 0.6) is 11.6 Å². The highest BCUT2D eigenvalue weighted by Crippen LogP contribution is 2.35. The van der Waals surface area contributed by atoms with Crippen molar-refractivity contribution in [3.8, 4) is 11.6 Å². The Bertz CT molecular complexity index is 1130. The van der Waals surface area contributed by atoms with Gasteiger partial charge >= 0.3 is 0 Å². The third-order valence-electron chi connectivity index (χ3n) is 6.19. The van der Waals surface area contributed by atoms with E-state index in [1.165, 1.54) is 0 Å². The molecule has 2 N–H and O–H groups in total. The molecule has 176 valence electrons. The van der Waals surface area contributed by atoms with Crippen LogP contribution in [0.25, 0.3) is 10.9 Å². The molecule has 0 saturated carbocycles. The van der Waals surface area contributed by atoms with Gasteiger partial charge in [-0.1, -0.05) is 12.1 Å². The number of rotatable bonds is 6. The van der Waals surface area contributed by atoms with Crippen LogP contribution in [0.15, 0.2) is 30.5 Å². The maximum Gasteiger partial charge on any atom is 0.228 e. The van der Waals surface area contributed by atoms with Gasteiger partial charge in [-0.15, -0.1) is 0 Å². The first-order valence-electron chi connectivity index (χ1n) is 11.3. The molecule has 33 heavy (non-hydrogen) atoms. The predicted molar refractivity (Wildman–Crippen MR) is 129 cm³/mol. The van der Waals surface area contributed by atoms with Crippen LogP contribution in [0.1, 0.15) is 45.3 Å². The quantitative estimate of drug-likeness (QED) is 0.590. The lowest BCUT2D eigenvalue weighted by Gasteiger charge is -2.34. The van der Waals surface area contributed by atoms with Crippen LogP contribution >= 0.6 is 0 Å². The average Bonchev–Trinajstić information content (AvgIpc) is 3.16. The lowest BCUT2D eigenvalue weighted by Crippen LogP contribution is -2.48. The minimum absolute atomic E-state index is 0.0269. The lowest BCUT2D eigenvalue weighted by atomic mass is 10.1. The third kappa shape index (κ3) is 4.53. The molecule has 9 heteroatoms. The van der Waals surface area contributed by atoms with Crippen LogP contribution in [-0.4, -0.2) is 63.7 Å². The van der Waals surface area contributed by atoms with Crippen molar-refractivity contribution in [2.75, 3.05) is 43.5 Å². The van der Waals surface area contributed by atoms with Crippen LogP contribution in [0, 0.1) is 0 Å². The molecular formula is C24H32N6O3. The molecule has 0 unspecified atom stereocenters. The Labute approximate surface area is 194 Å². The summed E-state index contributed by atoms with van der Waals surface area (Å²) in [6.07, 6.45) is 1.90. The van der Waals surface area contributed by atoms with E-state index in [1.54, 1.807) is 18.6 Å². The van der Waals surface area contributed by atoms with Gasteiger partial charge in [0.1, 0.15) is 17.1 Å². The van der Waals surface area contributed by atoms with Gasteiger partial charge in [0.2, 0.25) is 17.7 Å². The highest BCUT2D eigenvalue weighted by atomic mass is 16.5. The number of hydrogen-bond acceptors (Lipinski definition) is 7. The summed E-state index contributed by atoms with van der Waals surface area (Å²) in [4.78, 5) is 25.2. The molecule has 0 bridgehead atoms. The van der Waals surface area contributed by atoms with Crippen molar-refractivity contribution in [2.24, 2.45) is 0 Å². The van der Waals surface area contributed by atoms with Crippen molar-refractivity contribution in [1.29, 1.82) is 0 Å².